The maximum absolute atomic E-state index is 12.5. The molecule has 0 N–H and O–H groups in total. The fraction of sp³-hybridized carbons (Fsp3) is 0.588. The number of likely N-dealkylation sites (tertiary alicyclic amines) is 1. The van der Waals surface area contributed by atoms with Gasteiger partial charge in [-0.15, -0.1) is 0 Å². The van der Waals surface area contributed by atoms with E-state index in [1.165, 1.54) is 18.4 Å². The summed E-state index contributed by atoms with van der Waals surface area (Å²) in [6, 6.07) is 8.27. The van der Waals surface area contributed by atoms with Crippen LogP contribution in [0.2, 0.25) is 0 Å². The zero-order valence-corrected chi connectivity index (χ0v) is 12.0. The highest BCUT2D eigenvalue weighted by Gasteiger charge is 2.47. The van der Waals surface area contributed by atoms with E-state index >= 15 is 0 Å². The van der Waals surface area contributed by atoms with Crippen molar-refractivity contribution in [1.82, 2.24) is 4.90 Å². The SMILES string of the molecule is CC1(c2ccc(C(=O)N3CCC4(CC3)CO4)cc2)CC1. The highest BCUT2D eigenvalue weighted by molar-refractivity contribution is 5.94. The fourth-order valence-electron chi connectivity index (χ4n) is 3.18. The topological polar surface area (TPSA) is 32.8 Å². The molecule has 106 valence electrons. The van der Waals surface area contributed by atoms with Gasteiger partial charge in [-0.2, -0.15) is 0 Å². The van der Waals surface area contributed by atoms with Gasteiger partial charge in [-0.25, -0.2) is 0 Å². The molecule has 2 aliphatic heterocycles. The van der Waals surface area contributed by atoms with E-state index in [9.17, 15) is 4.79 Å². The lowest BCUT2D eigenvalue weighted by Gasteiger charge is -2.30. The molecule has 20 heavy (non-hydrogen) atoms. The Morgan fingerprint density at radius 3 is 2.20 bits per heavy atom. The van der Waals surface area contributed by atoms with E-state index in [1.807, 2.05) is 17.0 Å². The van der Waals surface area contributed by atoms with Gasteiger partial charge in [0.2, 0.25) is 0 Å². The molecule has 1 saturated carbocycles. The Morgan fingerprint density at radius 1 is 1.10 bits per heavy atom. The second-order valence-electron chi connectivity index (χ2n) is 6.90. The molecule has 1 amide bonds. The maximum atomic E-state index is 12.5. The summed E-state index contributed by atoms with van der Waals surface area (Å²) in [5.74, 6) is 0.174. The van der Waals surface area contributed by atoms with Gasteiger partial charge in [-0.05, 0) is 48.8 Å². The molecule has 1 aromatic rings. The average molecular weight is 271 g/mol. The van der Waals surface area contributed by atoms with Crippen LogP contribution in [0.15, 0.2) is 24.3 Å². The second-order valence-corrected chi connectivity index (χ2v) is 6.90. The standard InChI is InChI=1S/C17H21NO2/c1-16(6-7-16)14-4-2-13(3-5-14)15(19)18-10-8-17(9-11-18)12-20-17/h2-5H,6-12H2,1H3. The molecular formula is C17H21NO2. The van der Waals surface area contributed by atoms with Gasteiger partial charge in [0.15, 0.2) is 0 Å². The van der Waals surface area contributed by atoms with Gasteiger partial charge in [0.05, 0.1) is 12.2 Å². The Hall–Kier alpha value is -1.35. The second kappa shape index (κ2) is 4.08. The fourth-order valence-corrected chi connectivity index (χ4v) is 3.18. The van der Waals surface area contributed by atoms with Crippen LogP contribution in [0.5, 0.6) is 0 Å². The third kappa shape index (κ3) is 2.05. The zero-order chi connectivity index (χ0) is 13.8. The summed E-state index contributed by atoms with van der Waals surface area (Å²) in [7, 11) is 0. The smallest absolute Gasteiger partial charge is 0.253 e. The Labute approximate surface area is 119 Å². The Balaban J connectivity index is 1.45. The molecule has 1 aliphatic carbocycles. The lowest BCUT2D eigenvalue weighted by atomic mass is 9.95. The van der Waals surface area contributed by atoms with E-state index in [2.05, 4.69) is 19.1 Å². The Bertz CT molecular complexity index is 531. The van der Waals surface area contributed by atoms with Crippen molar-refractivity contribution in [2.45, 2.75) is 43.6 Å². The van der Waals surface area contributed by atoms with E-state index in [0.717, 1.165) is 38.1 Å². The molecule has 1 aromatic carbocycles. The molecule has 2 heterocycles. The van der Waals surface area contributed by atoms with Crippen molar-refractivity contribution in [3.8, 4) is 0 Å². The number of ether oxygens (including phenoxy) is 1. The van der Waals surface area contributed by atoms with Gasteiger partial charge in [-0.3, -0.25) is 4.79 Å². The first-order chi connectivity index (χ1) is 9.60. The van der Waals surface area contributed by atoms with Crippen LogP contribution < -0.4 is 0 Å². The highest BCUT2D eigenvalue weighted by atomic mass is 16.6. The average Bonchev–Trinajstić information content (AvgIpc) is 3.40. The van der Waals surface area contributed by atoms with Gasteiger partial charge < -0.3 is 9.64 Å². The van der Waals surface area contributed by atoms with Crippen molar-refractivity contribution in [2.24, 2.45) is 0 Å². The molecule has 3 heteroatoms. The largest absolute Gasteiger partial charge is 0.369 e. The summed E-state index contributed by atoms with van der Waals surface area (Å²) < 4.78 is 5.49. The van der Waals surface area contributed by atoms with E-state index < -0.39 is 0 Å². The van der Waals surface area contributed by atoms with Crippen molar-refractivity contribution in [3.05, 3.63) is 35.4 Å². The molecule has 3 nitrogen and oxygen atoms in total. The number of hydrogen-bond donors (Lipinski definition) is 0. The van der Waals surface area contributed by atoms with Gasteiger partial charge >= 0.3 is 0 Å². The Morgan fingerprint density at radius 2 is 1.70 bits per heavy atom. The monoisotopic (exact) mass is 271 g/mol. The van der Waals surface area contributed by atoms with Crippen LogP contribution in [-0.2, 0) is 10.2 Å². The number of amides is 1. The van der Waals surface area contributed by atoms with Gasteiger partial charge in [0.25, 0.3) is 5.91 Å². The molecule has 2 saturated heterocycles. The summed E-state index contributed by atoms with van der Waals surface area (Å²) in [4.78, 5) is 14.5. The van der Waals surface area contributed by atoms with Crippen molar-refractivity contribution in [3.63, 3.8) is 0 Å². The van der Waals surface area contributed by atoms with Gasteiger partial charge in [0, 0.05) is 18.7 Å². The lowest BCUT2D eigenvalue weighted by molar-refractivity contribution is 0.0663. The highest BCUT2D eigenvalue weighted by Crippen LogP contribution is 2.47. The Kier molecular flexibility index (Phi) is 2.53. The first-order valence-corrected chi connectivity index (χ1v) is 7.64. The number of epoxide rings is 1. The van der Waals surface area contributed by atoms with E-state index in [-0.39, 0.29) is 11.5 Å². The minimum absolute atomic E-state index is 0.140. The van der Waals surface area contributed by atoms with Crippen molar-refractivity contribution >= 4 is 5.91 Å². The van der Waals surface area contributed by atoms with Crippen LogP contribution in [0.1, 0.15) is 48.5 Å². The van der Waals surface area contributed by atoms with E-state index in [4.69, 9.17) is 4.74 Å². The molecular weight excluding hydrogens is 250 g/mol. The predicted octanol–water partition coefficient (Wildman–Crippen LogP) is 2.74. The van der Waals surface area contributed by atoms with Crippen LogP contribution in [0.25, 0.3) is 0 Å². The van der Waals surface area contributed by atoms with Crippen LogP contribution in [0.4, 0.5) is 0 Å². The number of carbonyl (C=O) groups excluding carboxylic acids is 1. The molecule has 0 radical (unpaired) electrons. The van der Waals surface area contributed by atoms with Gasteiger partial charge in [-0.1, -0.05) is 19.1 Å². The van der Waals surface area contributed by atoms with E-state index in [0.29, 0.717) is 5.41 Å². The summed E-state index contributed by atoms with van der Waals surface area (Å²) in [6.07, 6.45) is 4.53. The molecule has 1 spiro atoms. The minimum Gasteiger partial charge on any atom is -0.369 e. The molecule has 3 aliphatic rings. The molecule has 4 rings (SSSR count). The van der Waals surface area contributed by atoms with Crippen molar-refractivity contribution in [2.75, 3.05) is 19.7 Å². The minimum atomic E-state index is 0.140. The third-order valence-electron chi connectivity index (χ3n) is 5.34. The lowest BCUT2D eigenvalue weighted by Crippen LogP contribution is -2.41. The first-order valence-electron chi connectivity index (χ1n) is 7.64. The molecule has 0 bridgehead atoms. The van der Waals surface area contributed by atoms with Crippen LogP contribution in [0, 0.1) is 0 Å². The molecule has 0 aromatic heterocycles. The number of rotatable bonds is 2. The zero-order valence-electron chi connectivity index (χ0n) is 12.0. The summed E-state index contributed by atoms with van der Waals surface area (Å²) >= 11 is 0. The third-order valence-corrected chi connectivity index (χ3v) is 5.34. The van der Waals surface area contributed by atoms with Crippen molar-refractivity contribution < 1.29 is 9.53 Å². The van der Waals surface area contributed by atoms with Crippen LogP contribution >= 0.6 is 0 Å². The maximum Gasteiger partial charge on any atom is 0.253 e. The van der Waals surface area contributed by atoms with Crippen LogP contribution in [0.3, 0.4) is 0 Å². The normalized spacial score (nSPS) is 25.6. The summed E-state index contributed by atoms with van der Waals surface area (Å²) in [5.41, 5.74) is 2.72. The number of piperidine rings is 1. The van der Waals surface area contributed by atoms with Crippen molar-refractivity contribution in [1.29, 1.82) is 0 Å². The number of carbonyl (C=O) groups is 1. The number of hydrogen-bond acceptors (Lipinski definition) is 2. The number of benzene rings is 1. The first kappa shape index (κ1) is 12.4. The van der Waals surface area contributed by atoms with Crippen LogP contribution in [-0.4, -0.2) is 36.1 Å². The molecule has 3 fully saturated rings. The van der Waals surface area contributed by atoms with E-state index in [1.54, 1.807) is 0 Å². The number of nitrogens with zero attached hydrogens (tertiary/aromatic N) is 1. The summed E-state index contributed by atoms with van der Waals surface area (Å²) in [6.45, 7) is 4.85. The predicted molar refractivity (Wildman–Crippen MR) is 76.8 cm³/mol. The quantitative estimate of drug-likeness (QED) is 0.775. The molecule has 0 atom stereocenters. The summed E-state index contributed by atoms with van der Waals surface area (Å²) in [5, 5.41) is 0. The molecule has 0 unspecified atom stereocenters. The van der Waals surface area contributed by atoms with Gasteiger partial charge in [0.1, 0.15) is 0 Å².